The van der Waals surface area contributed by atoms with Gasteiger partial charge in [0.25, 0.3) is 0 Å². The van der Waals surface area contributed by atoms with E-state index < -0.39 is 0 Å². The molecule has 3 rings (SSSR count). The summed E-state index contributed by atoms with van der Waals surface area (Å²) < 4.78 is 1.85. The summed E-state index contributed by atoms with van der Waals surface area (Å²) in [6, 6.07) is 6.56. The van der Waals surface area contributed by atoms with E-state index in [1.54, 1.807) is 0 Å². The predicted octanol–water partition coefficient (Wildman–Crippen LogP) is 1.48. The monoisotopic (exact) mass is 281 g/mol. The van der Waals surface area contributed by atoms with Gasteiger partial charge in [0.1, 0.15) is 5.69 Å². The number of nitrogens with two attached hydrogens (primary N) is 1. The van der Waals surface area contributed by atoms with Crippen molar-refractivity contribution < 1.29 is 0 Å². The normalized spacial score (nSPS) is 19.1. The average molecular weight is 282 g/mol. The van der Waals surface area contributed by atoms with Crippen molar-refractivity contribution in [3.8, 4) is 0 Å². The van der Waals surface area contributed by atoms with E-state index >= 15 is 0 Å². The topological polar surface area (TPSA) is 49.8 Å². The first-order valence-electron chi connectivity index (χ1n) is 6.31. The van der Waals surface area contributed by atoms with Gasteiger partial charge in [0.15, 0.2) is 5.82 Å². The summed E-state index contributed by atoms with van der Waals surface area (Å²) in [5.74, 6) is 0.922. The molecule has 1 aliphatic heterocycles. The molecule has 3 heterocycles. The van der Waals surface area contributed by atoms with Crippen LogP contribution in [0.4, 0.5) is 11.5 Å². The molecule has 5 nitrogen and oxygen atoms in total. The van der Waals surface area contributed by atoms with Gasteiger partial charge in [-0.05, 0) is 32.6 Å². The molecule has 0 saturated carbocycles. The minimum absolute atomic E-state index is 0. The van der Waals surface area contributed by atoms with E-state index in [1.165, 1.54) is 6.42 Å². The van der Waals surface area contributed by atoms with Gasteiger partial charge in [0, 0.05) is 25.3 Å². The van der Waals surface area contributed by atoms with Crippen molar-refractivity contribution in [3.63, 3.8) is 0 Å². The summed E-state index contributed by atoms with van der Waals surface area (Å²) in [5.41, 5.74) is 7.98. The van der Waals surface area contributed by atoms with Crippen LogP contribution in [0.15, 0.2) is 24.4 Å². The van der Waals surface area contributed by atoms with Gasteiger partial charge in [-0.25, -0.2) is 4.52 Å². The summed E-state index contributed by atoms with van der Waals surface area (Å²) in [6.07, 6.45) is 3.11. The molecule has 0 aromatic carbocycles. The largest absolute Gasteiger partial charge is 0.394 e. The Bertz CT molecular complexity index is 565. The van der Waals surface area contributed by atoms with Crippen LogP contribution in [0, 0.1) is 0 Å². The molecule has 104 valence electrons. The number of nitrogens with zero attached hydrogens (tertiary/aromatic N) is 4. The van der Waals surface area contributed by atoms with Crippen molar-refractivity contribution in [2.45, 2.75) is 12.5 Å². The molecule has 1 saturated heterocycles. The number of halogens is 1. The van der Waals surface area contributed by atoms with Gasteiger partial charge in [0.05, 0.1) is 5.52 Å². The summed E-state index contributed by atoms with van der Waals surface area (Å²) in [4.78, 5) is 4.55. The molecule has 0 radical (unpaired) electrons. The first-order valence-corrected chi connectivity index (χ1v) is 6.31. The Morgan fingerprint density at radius 1 is 1.37 bits per heavy atom. The smallest absolute Gasteiger partial charge is 0.175 e. The molecular formula is C13H20ClN5. The lowest BCUT2D eigenvalue weighted by Gasteiger charge is -2.20. The minimum atomic E-state index is 0. The van der Waals surface area contributed by atoms with E-state index in [1.807, 2.05) is 28.9 Å². The van der Waals surface area contributed by atoms with Crippen molar-refractivity contribution in [3.05, 3.63) is 24.4 Å². The Kier molecular flexibility index (Phi) is 3.87. The number of rotatable bonds is 2. The van der Waals surface area contributed by atoms with Gasteiger partial charge in [-0.15, -0.1) is 17.5 Å². The second-order valence-electron chi connectivity index (χ2n) is 5.12. The van der Waals surface area contributed by atoms with Crippen LogP contribution in [0.2, 0.25) is 0 Å². The van der Waals surface area contributed by atoms with E-state index in [9.17, 15) is 0 Å². The lowest BCUT2D eigenvalue weighted by Crippen LogP contribution is -2.31. The molecule has 0 amide bonds. The fourth-order valence-electron chi connectivity index (χ4n) is 2.59. The zero-order valence-corrected chi connectivity index (χ0v) is 12.1. The van der Waals surface area contributed by atoms with Crippen molar-refractivity contribution >= 4 is 29.4 Å². The number of aromatic nitrogens is 2. The van der Waals surface area contributed by atoms with E-state index in [2.05, 4.69) is 29.0 Å². The van der Waals surface area contributed by atoms with E-state index in [0.29, 0.717) is 6.04 Å². The SMILES string of the molecule is CN(C)C1CCN(c2nn3ccccc3c2N)C1.Cl. The summed E-state index contributed by atoms with van der Waals surface area (Å²) in [5, 5.41) is 4.59. The number of nitrogen functional groups attached to an aromatic ring is 1. The molecule has 0 bridgehead atoms. The number of pyridine rings is 1. The maximum Gasteiger partial charge on any atom is 0.175 e. The highest BCUT2D eigenvalue weighted by Gasteiger charge is 2.27. The van der Waals surface area contributed by atoms with Gasteiger partial charge in [-0.2, -0.15) is 0 Å². The number of hydrogen-bond donors (Lipinski definition) is 1. The van der Waals surface area contributed by atoms with E-state index in [-0.39, 0.29) is 12.4 Å². The lowest BCUT2D eigenvalue weighted by atomic mass is 10.2. The van der Waals surface area contributed by atoms with Gasteiger partial charge in [-0.1, -0.05) is 6.07 Å². The third-order valence-corrected chi connectivity index (χ3v) is 3.75. The molecule has 1 fully saturated rings. The molecule has 1 atom stereocenters. The number of hydrogen-bond acceptors (Lipinski definition) is 4. The number of likely N-dealkylation sites (N-methyl/N-ethyl adjacent to an activating group) is 1. The molecule has 19 heavy (non-hydrogen) atoms. The van der Waals surface area contributed by atoms with Crippen molar-refractivity contribution in [2.24, 2.45) is 0 Å². The van der Waals surface area contributed by atoms with Gasteiger partial charge < -0.3 is 15.5 Å². The first kappa shape index (κ1) is 14.0. The van der Waals surface area contributed by atoms with Crippen LogP contribution in [-0.4, -0.2) is 47.7 Å². The standard InChI is InChI=1S/C13H19N5.ClH/c1-16(2)10-6-8-17(9-10)13-12(14)11-5-3-4-7-18(11)15-13;/h3-5,7,10H,6,8-9,14H2,1-2H3;1H. The fraction of sp³-hybridized carbons (Fsp3) is 0.462. The average Bonchev–Trinajstić information content (AvgIpc) is 2.95. The quantitative estimate of drug-likeness (QED) is 0.906. The number of anilines is 2. The molecule has 1 unspecified atom stereocenters. The summed E-state index contributed by atoms with van der Waals surface area (Å²) >= 11 is 0. The zero-order chi connectivity index (χ0) is 12.7. The number of fused-ring (bicyclic) bond motifs is 1. The van der Waals surface area contributed by atoms with Gasteiger partial charge in [-0.3, -0.25) is 0 Å². The summed E-state index contributed by atoms with van der Waals surface area (Å²) in [6.45, 7) is 2.03. The molecule has 6 heteroatoms. The second-order valence-corrected chi connectivity index (χ2v) is 5.12. The molecule has 1 aliphatic rings. The van der Waals surface area contributed by atoms with Crippen LogP contribution in [-0.2, 0) is 0 Å². The molecule has 2 aromatic rings. The van der Waals surface area contributed by atoms with Crippen LogP contribution in [0.25, 0.3) is 5.52 Å². The Hall–Kier alpha value is -1.46. The van der Waals surface area contributed by atoms with E-state index in [0.717, 1.165) is 30.1 Å². The van der Waals surface area contributed by atoms with Crippen LogP contribution in [0.3, 0.4) is 0 Å². The Morgan fingerprint density at radius 2 is 2.16 bits per heavy atom. The Morgan fingerprint density at radius 3 is 2.79 bits per heavy atom. The first-order chi connectivity index (χ1) is 8.66. The fourth-order valence-corrected chi connectivity index (χ4v) is 2.59. The Labute approximate surface area is 119 Å². The third-order valence-electron chi connectivity index (χ3n) is 3.75. The highest BCUT2D eigenvalue weighted by molar-refractivity contribution is 5.85. The maximum atomic E-state index is 6.20. The molecule has 2 aromatic heterocycles. The van der Waals surface area contributed by atoms with Crippen molar-refractivity contribution in [1.29, 1.82) is 0 Å². The predicted molar refractivity (Wildman–Crippen MR) is 81.2 cm³/mol. The molecule has 2 N–H and O–H groups in total. The van der Waals surface area contributed by atoms with Gasteiger partial charge in [0.2, 0.25) is 0 Å². The highest BCUT2D eigenvalue weighted by atomic mass is 35.5. The van der Waals surface area contributed by atoms with Crippen LogP contribution >= 0.6 is 12.4 Å². The zero-order valence-electron chi connectivity index (χ0n) is 11.3. The van der Waals surface area contributed by atoms with Gasteiger partial charge >= 0.3 is 0 Å². The lowest BCUT2D eigenvalue weighted by molar-refractivity contribution is 0.315. The summed E-state index contributed by atoms with van der Waals surface area (Å²) in [7, 11) is 4.25. The van der Waals surface area contributed by atoms with Crippen LogP contribution in [0.1, 0.15) is 6.42 Å². The maximum absolute atomic E-state index is 6.20. The second kappa shape index (κ2) is 5.27. The third kappa shape index (κ3) is 2.35. The molecule has 0 aliphatic carbocycles. The van der Waals surface area contributed by atoms with Crippen molar-refractivity contribution in [1.82, 2.24) is 14.5 Å². The van der Waals surface area contributed by atoms with Crippen LogP contribution < -0.4 is 10.6 Å². The highest BCUT2D eigenvalue weighted by Crippen LogP contribution is 2.29. The Balaban J connectivity index is 0.00000133. The van der Waals surface area contributed by atoms with Crippen LogP contribution in [0.5, 0.6) is 0 Å². The molecule has 0 spiro atoms. The van der Waals surface area contributed by atoms with Crippen molar-refractivity contribution in [2.75, 3.05) is 37.8 Å². The van der Waals surface area contributed by atoms with E-state index in [4.69, 9.17) is 5.73 Å². The minimum Gasteiger partial charge on any atom is -0.394 e. The molecular weight excluding hydrogens is 262 g/mol.